The summed E-state index contributed by atoms with van der Waals surface area (Å²) in [4.78, 5) is 0. The highest BCUT2D eigenvalue weighted by atomic mass is 14.4. The van der Waals surface area contributed by atoms with Crippen LogP contribution in [0.3, 0.4) is 0 Å². The van der Waals surface area contributed by atoms with E-state index in [0.717, 1.165) is 19.3 Å². The maximum atomic E-state index is 9.19. The lowest BCUT2D eigenvalue weighted by molar-refractivity contribution is 0.363. The first-order valence-corrected chi connectivity index (χ1v) is 5.21. The standard InChI is InChI=1S/C13H17N/c1-3-13(4-2,11-14)10-12-8-6-5-7-9-12/h5-9H,3-4,10H2,1-2H3. The van der Waals surface area contributed by atoms with Crippen LogP contribution in [0, 0.1) is 16.7 Å². The average Bonchev–Trinajstić information content (AvgIpc) is 2.28. The van der Waals surface area contributed by atoms with Crippen LogP contribution >= 0.6 is 0 Å². The molecule has 1 nitrogen and oxygen atoms in total. The summed E-state index contributed by atoms with van der Waals surface area (Å²) in [6.45, 7) is 4.19. The van der Waals surface area contributed by atoms with Crippen molar-refractivity contribution in [2.45, 2.75) is 33.1 Å². The van der Waals surface area contributed by atoms with Crippen LogP contribution in [0.5, 0.6) is 0 Å². The zero-order valence-electron chi connectivity index (χ0n) is 8.96. The summed E-state index contributed by atoms with van der Waals surface area (Å²) in [5.74, 6) is 0. The van der Waals surface area contributed by atoms with Crippen LogP contribution < -0.4 is 0 Å². The Kier molecular flexibility index (Phi) is 3.71. The minimum atomic E-state index is -0.165. The van der Waals surface area contributed by atoms with Gasteiger partial charge in [-0.2, -0.15) is 5.26 Å². The van der Waals surface area contributed by atoms with Gasteiger partial charge in [-0.1, -0.05) is 44.2 Å². The predicted octanol–water partition coefficient (Wildman–Crippen LogP) is 3.56. The molecule has 0 N–H and O–H groups in total. The predicted molar refractivity (Wildman–Crippen MR) is 58.8 cm³/mol. The third kappa shape index (κ3) is 2.35. The van der Waals surface area contributed by atoms with Crippen molar-refractivity contribution in [3.05, 3.63) is 35.9 Å². The van der Waals surface area contributed by atoms with Crippen molar-refractivity contribution in [2.75, 3.05) is 0 Å². The second-order valence-electron chi connectivity index (χ2n) is 3.76. The largest absolute Gasteiger partial charge is 0.198 e. The molecule has 0 aliphatic rings. The highest BCUT2D eigenvalue weighted by Crippen LogP contribution is 2.29. The average molecular weight is 187 g/mol. The zero-order valence-corrected chi connectivity index (χ0v) is 8.96. The van der Waals surface area contributed by atoms with E-state index in [2.05, 4.69) is 32.0 Å². The molecule has 74 valence electrons. The fraction of sp³-hybridized carbons (Fsp3) is 0.462. The van der Waals surface area contributed by atoms with Crippen molar-refractivity contribution in [1.82, 2.24) is 0 Å². The van der Waals surface area contributed by atoms with E-state index >= 15 is 0 Å². The summed E-state index contributed by atoms with van der Waals surface area (Å²) >= 11 is 0. The van der Waals surface area contributed by atoms with Crippen molar-refractivity contribution in [1.29, 1.82) is 5.26 Å². The molecule has 0 unspecified atom stereocenters. The number of nitriles is 1. The Balaban J connectivity index is 2.81. The molecule has 1 rings (SSSR count). The van der Waals surface area contributed by atoms with E-state index in [4.69, 9.17) is 0 Å². The summed E-state index contributed by atoms with van der Waals surface area (Å²) < 4.78 is 0. The summed E-state index contributed by atoms with van der Waals surface area (Å²) in [5, 5.41) is 9.19. The van der Waals surface area contributed by atoms with Gasteiger partial charge in [0.1, 0.15) is 0 Å². The Morgan fingerprint density at radius 1 is 1.14 bits per heavy atom. The summed E-state index contributed by atoms with van der Waals surface area (Å²) in [7, 11) is 0. The van der Waals surface area contributed by atoms with Gasteiger partial charge in [0.05, 0.1) is 11.5 Å². The SMILES string of the molecule is CCC(C#N)(CC)Cc1ccccc1. The fourth-order valence-electron chi connectivity index (χ4n) is 1.68. The number of hydrogen-bond acceptors (Lipinski definition) is 1. The Bertz CT molecular complexity index is 304. The van der Waals surface area contributed by atoms with E-state index in [-0.39, 0.29) is 5.41 Å². The lowest BCUT2D eigenvalue weighted by Crippen LogP contribution is -2.19. The number of nitrogens with zero attached hydrogens (tertiary/aromatic N) is 1. The normalized spacial score (nSPS) is 10.9. The smallest absolute Gasteiger partial charge is 0.0693 e. The Hall–Kier alpha value is -1.29. The molecule has 0 aliphatic heterocycles. The molecule has 0 aromatic heterocycles. The molecular weight excluding hydrogens is 170 g/mol. The maximum absolute atomic E-state index is 9.19. The van der Waals surface area contributed by atoms with Crippen LogP contribution in [0.2, 0.25) is 0 Å². The molecule has 0 spiro atoms. The molecule has 0 saturated carbocycles. The fourth-order valence-corrected chi connectivity index (χ4v) is 1.68. The van der Waals surface area contributed by atoms with E-state index in [1.54, 1.807) is 0 Å². The van der Waals surface area contributed by atoms with Crippen molar-refractivity contribution < 1.29 is 0 Å². The van der Waals surface area contributed by atoms with Gasteiger partial charge < -0.3 is 0 Å². The van der Waals surface area contributed by atoms with Crippen LogP contribution in [-0.2, 0) is 6.42 Å². The monoisotopic (exact) mass is 187 g/mol. The van der Waals surface area contributed by atoms with Crippen LogP contribution in [-0.4, -0.2) is 0 Å². The van der Waals surface area contributed by atoms with Gasteiger partial charge in [0.15, 0.2) is 0 Å². The van der Waals surface area contributed by atoms with Crippen molar-refractivity contribution in [2.24, 2.45) is 5.41 Å². The van der Waals surface area contributed by atoms with Gasteiger partial charge in [-0.15, -0.1) is 0 Å². The van der Waals surface area contributed by atoms with Gasteiger partial charge >= 0.3 is 0 Å². The second kappa shape index (κ2) is 4.81. The Morgan fingerprint density at radius 2 is 1.71 bits per heavy atom. The Labute approximate surface area is 86.4 Å². The van der Waals surface area contributed by atoms with Gasteiger partial charge in [-0.25, -0.2) is 0 Å². The highest BCUT2D eigenvalue weighted by molar-refractivity contribution is 5.19. The number of benzene rings is 1. The third-order valence-corrected chi connectivity index (χ3v) is 2.98. The Morgan fingerprint density at radius 3 is 2.14 bits per heavy atom. The zero-order chi connectivity index (χ0) is 10.4. The summed E-state index contributed by atoms with van der Waals surface area (Å²) in [6.07, 6.45) is 2.72. The van der Waals surface area contributed by atoms with Crippen molar-refractivity contribution >= 4 is 0 Å². The molecule has 0 radical (unpaired) electrons. The molecule has 0 aliphatic carbocycles. The van der Waals surface area contributed by atoms with Gasteiger partial charge in [0, 0.05) is 0 Å². The summed E-state index contributed by atoms with van der Waals surface area (Å²) in [6, 6.07) is 12.7. The van der Waals surface area contributed by atoms with E-state index < -0.39 is 0 Å². The van der Waals surface area contributed by atoms with Crippen LogP contribution in [0.25, 0.3) is 0 Å². The minimum absolute atomic E-state index is 0.165. The van der Waals surface area contributed by atoms with Crippen molar-refractivity contribution in [3.63, 3.8) is 0 Å². The van der Waals surface area contributed by atoms with Crippen LogP contribution in [0.1, 0.15) is 32.3 Å². The number of hydrogen-bond donors (Lipinski definition) is 0. The van der Waals surface area contributed by atoms with E-state index in [0.29, 0.717) is 0 Å². The lowest BCUT2D eigenvalue weighted by Gasteiger charge is -2.23. The molecule has 0 saturated heterocycles. The first-order chi connectivity index (χ1) is 6.76. The first-order valence-electron chi connectivity index (χ1n) is 5.21. The van der Waals surface area contributed by atoms with Crippen molar-refractivity contribution in [3.8, 4) is 6.07 Å². The molecular formula is C13H17N. The molecule has 0 heterocycles. The van der Waals surface area contributed by atoms with E-state index in [9.17, 15) is 5.26 Å². The molecule has 0 amide bonds. The van der Waals surface area contributed by atoms with E-state index in [1.165, 1.54) is 5.56 Å². The number of rotatable bonds is 4. The van der Waals surface area contributed by atoms with E-state index in [1.807, 2.05) is 18.2 Å². The molecule has 1 aromatic rings. The lowest BCUT2D eigenvalue weighted by atomic mass is 9.78. The quantitative estimate of drug-likeness (QED) is 0.707. The molecule has 0 fully saturated rings. The van der Waals surface area contributed by atoms with Gasteiger partial charge in [-0.3, -0.25) is 0 Å². The topological polar surface area (TPSA) is 23.8 Å². The second-order valence-corrected chi connectivity index (χ2v) is 3.76. The molecule has 1 heteroatoms. The minimum Gasteiger partial charge on any atom is -0.198 e. The maximum Gasteiger partial charge on any atom is 0.0693 e. The molecule has 14 heavy (non-hydrogen) atoms. The molecule has 1 aromatic carbocycles. The van der Waals surface area contributed by atoms with Gasteiger partial charge in [-0.05, 0) is 24.8 Å². The summed E-state index contributed by atoms with van der Waals surface area (Å²) in [5.41, 5.74) is 1.10. The van der Waals surface area contributed by atoms with Crippen LogP contribution in [0.4, 0.5) is 0 Å². The van der Waals surface area contributed by atoms with Crippen LogP contribution in [0.15, 0.2) is 30.3 Å². The highest BCUT2D eigenvalue weighted by Gasteiger charge is 2.25. The van der Waals surface area contributed by atoms with Gasteiger partial charge in [0.2, 0.25) is 0 Å². The molecule has 0 bridgehead atoms. The van der Waals surface area contributed by atoms with Gasteiger partial charge in [0.25, 0.3) is 0 Å². The first kappa shape index (κ1) is 10.8. The molecule has 0 atom stereocenters. The third-order valence-electron chi connectivity index (χ3n) is 2.98.